The van der Waals surface area contributed by atoms with Crippen LogP contribution in [0.2, 0.25) is 0 Å². The summed E-state index contributed by atoms with van der Waals surface area (Å²) in [4.78, 5) is 12.4. The Morgan fingerprint density at radius 1 is 1.05 bits per heavy atom. The van der Waals surface area contributed by atoms with Crippen LogP contribution in [0.15, 0.2) is 40.9 Å². The Morgan fingerprint density at radius 3 is 2.43 bits per heavy atom. The summed E-state index contributed by atoms with van der Waals surface area (Å²) >= 11 is 3.43. The van der Waals surface area contributed by atoms with E-state index in [2.05, 4.69) is 15.9 Å². The summed E-state index contributed by atoms with van der Waals surface area (Å²) in [5.41, 5.74) is 2.66. The van der Waals surface area contributed by atoms with E-state index >= 15 is 0 Å². The van der Waals surface area contributed by atoms with Crippen molar-refractivity contribution in [2.75, 3.05) is 14.2 Å². The number of methoxy groups -OCH3 is 2. The maximum atomic E-state index is 12.4. The number of ether oxygens (including phenoxy) is 2. The summed E-state index contributed by atoms with van der Waals surface area (Å²) in [6, 6.07) is 11.3. The number of carbonyl (C=O) groups is 1. The van der Waals surface area contributed by atoms with Gasteiger partial charge in [-0.15, -0.1) is 0 Å². The number of hydrogen-bond acceptors (Lipinski definition) is 3. The molecule has 4 heteroatoms. The van der Waals surface area contributed by atoms with Gasteiger partial charge in [-0.25, -0.2) is 0 Å². The second-order valence-electron chi connectivity index (χ2n) is 4.77. The molecule has 3 nitrogen and oxygen atoms in total. The summed E-state index contributed by atoms with van der Waals surface area (Å²) in [5.74, 6) is 1.36. The molecular weight excluding hydrogens is 332 g/mol. The Balaban J connectivity index is 2.25. The molecule has 0 radical (unpaired) electrons. The van der Waals surface area contributed by atoms with Gasteiger partial charge in [0, 0.05) is 16.5 Å². The highest BCUT2D eigenvalue weighted by Crippen LogP contribution is 2.28. The predicted molar refractivity (Wildman–Crippen MR) is 86.5 cm³/mol. The molecule has 2 aromatic carbocycles. The fraction of sp³-hybridized carbons (Fsp3) is 0.235. The summed E-state index contributed by atoms with van der Waals surface area (Å²) in [7, 11) is 3.17. The molecule has 0 spiro atoms. The number of hydrogen-bond donors (Lipinski definition) is 0. The van der Waals surface area contributed by atoms with E-state index in [1.165, 1.54) is 0 Å². The van der Waals surface area contributed by atoms with Crippen LogP contribution >= 0.6 is 15.9 Å². The molecule has 0 bridgehead atoms. The van der Waals surface area contributed by atoms with Gasteiger partial charge >= 0.3 is 0 Å². The zero-order chi connectivity index (χ0) is 15.4. The molecule has 0 unspecified atom stereocenters. The van der Waals surface area contributed by atoms with Crippen molar-refractivity contribution in [1.82, 2.24) is 0 Å². The lowest BCUT2D eigenvalue weighted by Gasteiger charge is -2.10. The molecule has 0 amide bonds. The van der Waals surface area contributed by atoms with Crippen molar-refractivity contribution in [1.29, 1.82) is 0 Å². The van der Waals surface area contributed by atoms with Crippen molar-refractivity contribution in [3.63, 3.8) is 0 Å². The molecule has 0 heterocycles. The number of benzene rings is 2. The van der Waals surface area contributed by atoms with Crippen LogP contribution in [0.5, 0.6) is 11.5 Å². The molecule has 0 aliphatic carbocycles. The number of rotatable bonds is 5. The first-order valence-electron chi connectivity index (χ1n) is 6.55. The molecule has 2 aromatic rings. The smallest absolute Gasteiger partial charge is 0.168 e. The van der Waals surface area contributed by atoms with E-state index in [-0.39, 0.29) is 5.78 Å². The van der Waals surface area contributed by atoms with Crippen LogP contribution in [0.3, 0.4) is 0 Å². The maximum absolute atomic E-state index is 12.4. The van der Waals surface area contributed by atoms with Crippen LogP contribution in [-0.4, -0.2) is 20.0 Å². The lowest BCUT2D eigenvalue weighted by Crippen LogP contribution is -2.05. The van der Waals surface area contributed by atoms with Crippen LogP contribution in [0.4, 0.5) is 0 Å². The SMILES string of the molecule is COc1ccc(CC(=O)c2cc(C)ccc2Br)cc1OC. The van der Waals surface area contributed by atoms with E-state index in [1.54, 1.807) is 14.2 Å². The molecule has 0 saturated carbocycles. The summed E-state index contributed by atoms with van der Waals surface area (Å²) in [6.07, 6.45) is 0.322. The lowest BCUT2D eigenvalue weighted by atomic mass is 10.0. The van der Waals surface area contributed by atoms with Crippen molar-refractivity contribution >= 4 is 21.7 Å². The molecule has 0 atom stereocenters. The van der Waals surface area contributed by atoms with Crippen LogP contribution in [0.25, 0.3) is 0 Å². The van der Waals surface area contributed by atoms with Crippen LogP contribution in [-0.2, 0) is 6.42 Å². The molecule has 0 fully saturated rings. The standard InChI is InChI=1S/C17H17BrO3/c1-11-4-6-14(18)13(8-11)15(19)9-12-5-7-16(20-2)17(10-12)21-3/h4-8,10H,9H2,1-3H3. The number of aryl methyl sites for hydroxylation is 1. The van der Waals surface area contributed by atoms with Crippen molar-refractivity contribution < 1.29 is 14.3 Å². The normalized spacial score (nSPS) is 10.3. The van der Waals surface area contributed by atoms with E-state index in [9.17, 15) is 4.79 Å². The Labute approximate surface area is 133 Å². The van der Waals surface area contributed by atoms with Gasteiger partial charge in [0.1, 0.15) is 0 Å². The first-order valence-corrected chi connectivity index (χ1v) is 7.34. The third-order valence-electron chi connectivity index (χ3n) is 3.23. The van der Waals surface area contributed by atoms with Crippen LogP contribution < -0.4 is 9.47 Å². The number of carbonyl (C=O) groups excluding carboxylic acids is 1. The van der Waals surface area contributed by atoms with Crippen LogP contribution in [0.1, 0.15) is 21.5 Å². The zero-order valence-corrected chi connectivity index (χ0v) is 13.9. The van der Waals surface area contributed by atoms with Gasteiger partial charge in [0.05, 0.1) is 14.2 Å². The van der Waals surface area contributed by atoms with Crippen molar-refractivity contribution in [3.8, 4) is 11.5 Å². The largest absolute Gasteiger partial charge is 0.493 e. The van der Waals surface area contributed by atoms with E-state index in [4.69, 9.17) is 9.47 Å². The second-order valence-corrected chi connectivity index (χ2v) is 5.63. The van der Waals surface area contributed by atoms with Crippen molar-refractivity contribution in [2.24, 2.45) is 0 Å². The summed E-state index contributed by atoms with van der Waals surface area (Å²) < 4.78 is 11.3. The quantitative estimate of drug-likeness (QED) is 0.759. The predicted octanol–water partition coefficient (Wildman–Crippen LogP) is 4.20. The first kappa shape index (κ1) is 15.6. The van der Waals surface area contributed by atoms with Gasteiger partial charge in [0.15, 0.2) is 17.3 Å². The highest BCUT2D eigenvalue weighted by atomic mass is 79.9. The van der Waals surface area contributed by atoms with E-state index in [0.29, 0.717) is 23.5 Å². The highest BCUT2D eigenvalue weighted by Gasteiger charge is 2.13. The van der Waals surface area contributed by atoms with Gasteiger partial charge in [0.25, 0.3) is 0 Å². The summed E-state index contributed by atoms with van der Waals surface area (Å²) in [6.45, 7) is 1.97. The van der Waals surface area contributed by atoms with E-state index in [0.717, 1.165) is 15.6 Å². The van der Waals surface area contributed by atoms with Gasteiger partial charge in [0.2, 0.25) is 0 Å². The fourth-order valence-electron chi connectivity index (χ4n) is 2.12. The molecule has 0 aliphatic rings. The first-order chi connectivity index (χ1) is 10.0. The van der Waals surface area contributed by atoms with Gasteiger partial charge in [-0.2, -0.15) is 0 Å². The molecule has 0 N–H and O–H groups in total. The second kappa shape index (κ2) is 6.76. The highest BCUT2D eigenvalue weighted by molar-refractivity contribution is 9.10. The minimum atomic E-state index is 0.0674. The monoisotopic (exact) mass is 348 g/mol. The number of ketones is 1. The van der Waals surface area contributed by atoms with Crippen molar-refractivity contribution in [2.45, 2.75) is 13.3 Å². The van der Waals surface area contributed by atoms with Gasteiger partial charge in [-0.3, -0.25) is 4.79 Å². The van der Waals surface area contributed by atoms with E-state index < -0.39 is 0 Å². The summed E-state index contributed by atoms with van der Waals surface area (Å²) in [5, 5.41) is 0. The molecular formula is C17H17BrO3. The van der Waals surface area contributed by atoms with Gasteiger partial charge in [-0.1, -0.05) is 33.6 Å². The minimum absolute atomic E-state index is 0.0674. The van der Waals surface area contributed by atoms with Gasteiger partial charge < -0.3 is 9.47 Å². The Kier molecular flexibility index (Phi) is 5.02. The van der Waals surface area contributed by atoms with Gasteiger partial charge in [-0.05, 0) is 36.8 Å². The third-order valence-corrected chi connectivity index (χ3v) is 3.93. The molecule has 2 rings (SSSR count). The molecule has 0 aromatic heterocycles. The molecule has 0 saturated heterocycles. The molecule has 110 valence electrons. The maximum Gasteiger partial charge on any atom is 0.168 e. The van der Waals surface area contributed by atoms with E-state index in [1.807, 2.05) is 43.3 Å². The zero-order valence-electron chi connectivity index (χ0n) is 12.3. The number of halogens is 1. The Hall–Kier alpha value is -1.81. The average Bonchev–Trinajstić information content (AvgIpc) is 2.49. The minimum Gasteiger partial charge on any atom is -0.493 e. The topological polar surface area (TPSA) is 35.5 Å². The third kappa shape index (κ3) is 3.64. The number of Topliss-reactive ketones (excluding diaryl/α,β-unsaturated/α-hetero) is 1. The lowest BCUT2D eigenvalue weighted by molar-refractivity contribution is 0.0992. The van der Waals surface area contributed by atoms with Crippen LogP contribution in [0, 0.1) is 6.92 Å². The Bertz CT molecular complexity index is 665. The molecule has 0 aliphatic heterocycles. The molecule has 21 heavy (non-hydrogen) atoms. The average molecular weight is 349 g/mol. The fourth-order valence-corrected chi connectivity index (χ4v) is 2.59. The van der Waals surface area contributed by atoms with Crippen molar-refractivity contribution in [3.05, 3.63) is 57.6 Å². The Morgan fingerprint density at radius 2 is 1.76 bits per heavy atom.